The molecule has 7 nitrogen and oxygen atoms in total. The third-order valence-electron chi connectivity index (χ3n) is 6.21. The Morgan fingerprint density at radius 2 is 1.53 bits per heavy atom. The summed E-state index contributed by atoms with van der Waals surface area (Å²) >= 11 is 5.91. The normalized spacial score (nSPS) is 13.8. The van der Waals surface area contributed by atoms with Crippen molar-refractivity contribution in [3.63, 3.8) is 0 Å². The zero-order valence-corrected chi connectivity index (χ0v) is 20.9. The molecule has 0 N–H and O–H groups in total. The smallest absolute Gasteiger partial charge is 0.266 e. The lowest BCUT2D eigenvalue weighted by Gasteiger charge is -2.30. The predicted molar refractivity (Wildman–Crippen MR) is 139 cm³/mol. The molecular formula is C28H24N2O5S. The van der Waals surface area contributed by atoms with Gasteiger partial charge in [-0.25, -0.2) is 0 Å². The van der Waals surface area contributed by atoms with E-state index in [1.54, 1.807) is 43.1 Å². The van der Waals surface area contributed by atoms with E-state index >= 15 is 0 Å². The number of Topliss-reactive ketones (excluding diaryl/α,β-unsaturated/α-hetero) is 1. The van der Waals surface area contributed by atoms with Gasteiger partial charge < -0.3 is 14.2 Å². The van der Waals surface area contributed by atoms with E-state index < -0.39 is 5.92 Å². The topological polar surface area (TPSA) is 71.7 Å². The second kappa shape index (κ2) is 9.47. The largest absolute Gasteiger partial charge is 0.497 e. The molecule has 0 saturated carbocycles. The third-order valence-corrected chi connectivity index (χ3v) is 6.58. The van der Waals surface area contributed by atoms with Crippen molar-refractivity contribution in [3.8, 4) is 34.5 Å². The number of para-hydroxylation sites is 1. The van der Waals surface area contributed by atoms with E-state index in [0.29, 0.717) is 40.1 Å². The van der Waals surface area contributed by atoms with E-state index in [1.807, 2.05) is 48.5 Å². The van der Waals surface area contributed by atoms with Gasteiger partial charge in [0.1, 0.15) is 23.0 Å². The fraction of sp³-hybridized carbons (Fsp3) is 0.179. The van der Waals surface area contributed by atoms with Gasteiger partial charge in [-0.1, -0.05) is 30.3 Å². The van der Waals surface area contributed by atoms with Crippen molar-refractivity contribution in [2.45, 2.75) is 19.3 Å². The number of carbonyl (C=O) groups excluding carboxylic acids is 1. The Labute approximate surface area is 213 Å². The van der Waals surface area contributed by atoms with Crippen LogP contribution in [0.4, 0.5) is 0 Å². The molecule has 1 aliphatic rings. The van der Waals surface area contributed by atoms with E-state index in [0.717, 1.165) is 5.56 Å². The maximum absolute atomic E-state index is 14.2. The Bertz CT molecular complexity index is 1600. The van der Waals surface area contributed by atoms with Crippen LogP contribution in [0.25, 0.3) is 11.4 Å². The van der Waals surface area contributed by atoms with Gasteiger partial charge in [-0.15, -0.1) is 0 Å². The number of methoxy groups -OCH3 is 2. The summed E-state index contributed by atoms with van der Waals surface area (Å²) in [5.41, 5.74) is 2.01. The van der Waals surface area contributed by atoms with E-state index in [2.05, 4.69) is 0 Å². The van der Waals surface area contributed by atoms with Crippen LogP contribution in [-0.2, 0) is 4.79 Å². The molecule has 182 valence electrons. The first-order chi connectivity index (χ1) is 17.4. The van der Waals surface area contributed by atoms with Gasteiger partial charge in [-0.3, -0.25) is 18.7 Å². The Morgan fingerprint density at radius 3 is 2.14 bits per heavy atom. The van der Waals surface area contributed by atoms with Crippen LogP contribution < -0.4 is 19.8 Å². The average Bonchev–Trinajstić information content (AvgIpc) is 2.88. The second-order valence-corrected chi connectivity index (χ2v) is 8.84. The quantitative estimate of drug-likeness (QED) is 0.321. The molecule has 5 rings (SSSR count). The highest BCUT2D eigenvalue weighted by atomic mass is 32.1. The van der Waals surface area contributed by atoms with Crippen molar-refractivity contribution >= 4 is 18.0 Å². The van der Waals surface area contributed by atoms with Crippen LogP contribution in [-0.4, -0.2) is 29.1 Å². The lowest BCUT2D eigenvalue weighted by atomic mass is 9.86. The first-order valence-electron chi connectivity index (χ1n) is 11.4. The Kier molecular flexibility index (Phi) is 6.20. The summed E-state index contributed by atoms with van der Waals surface area (Å²) in [6.45, 7) is 1.52. The maximum atomic E-state index is 14.2. The number of fused-ring (bicyclic) bond motifs is 2. The van der Waals surface area contributed by atoms with Crippen molar-refractivity contribution in [2.24, 2.45) is 0 Å². The fourth-order valence-electron chi connectivity index (χ4n) is 4.58. The van der Waals surface area contributed by atoms with E-state index in [9.17, 15) is 9.59 Å². The van der Waals surface area contributed by atoms with Crippen molar-refractivity contribution < 1.29 is 19.0 Å². The Balaban J connectivity index is 1.91. The van der Waals surface area contributed by atoms with Crippen molar-refractivity contribution in [1.29, 1.82) is 0 Å². The fourth-order valence-corrected chi connectivity index (χ4v) is 4.96. The number of nitrogens with zero attached hydrogens (tertiary/aromatic N) is 2. The van der Waals surface area contributed by atoms with Crippen LogP contribution in [0, 0.1) is 4.77 Å². The number of ketones is 1. The third kappa shape index (κ3) is 3.99. The zero-order chi connectivity index (χ0) is 25.4. The Morgan fingerprint density at radius 1 is 0.917 bits per heavy atom. The molecule has 36 heavy (non-hydrogen) atoms. The standard InChI is InChI=1S/C28H24N2O5S/c1-17(31)14-23-22-12-4-5-13-24(22)35-27-25(23)26(32)29(18-8-6-10-20(15-18)33-2)28(36)30(27)19-9-7-11-21(16-19)34-3/h4-13,15-16,23H,14H2,1-3H3. The molecule has 0 saturated heterocycles. The summed E-state index contributed by atoms with van der Waals surface area (Å²) in [5, 5.41) is 0. The number of hydrogen-bond acceptors (Lipinski definition) is 6. The van der Waals surface area contributed by atoms with Crippen LogP contribution in [0.1, 0.15) is 30.4 Å². The molecule has 1 unspecified atom stereocenters. The minimum absolute atomic E-state index is 0.0367. The van der Waals surface area contributed by atoms with Crippen LogP contribution in [0.2, 0.25) is 0 Å². The lowest BCUT2D eigenvalue weighted by Crippen LogP contribution is -2.32. The van der Waals surface area contributed by atoms with Gasteiger partial charge in [-0.2, -0.15) is 0 Å². The van der Waals surface area contributed by atoms with Gasteiger partial charge in [0, 0.05) is 30.0 Å². The first-order valence-corrected chi connectivity index (χ1v) is 11.8. The van der Waals surface area contributed by atoms with E-state index in [4.69, 9.17) is 26.4 Å². The average molecular weight is 501 g/mol. The summed E-state index contributed by atoms with van der Waals surface area (Å²) in [4.78, 5) is 26.5. The zero-order valence-electron chi connectivity index (χ0n) is 20.1. The molecule has 3 aromatic carbocycles. The van der Waals surface area contributed by atoms with Crippen LogP contribution >= 0.6 is 12.2 Å². The van der Waals surface area contributed by atoms with E-state index in [1.165, 1.54) is 11.5 Å². The molecular weight excluding hydrogens is 476 g/mol. The minimum Gasteiger partial charge on any atom is -0.497 e. The van der Waals surface area contributed by atoms with Crippen LogP contribution in [0.15, 0.2) is 77.6 Å². The molecule has 0 fully saturated rings. The molecule has 0 aliphatic carbocycles. The van der Waals surface area contributed by atoms with Gasteiger partial charge in [0.2, 0.25) is 5.88 Å². The SMILES string of the molecule is COc1cccc(-n2c3c(c(=O)n(-c4cccc(OC)c4)c2=S)C(CC(C)=O)c2ccccc2O3)c1. The van der Waals surface area contributed by atoms with Crippen molar-refractivity contribution in [2.75, 3.05) is 14.2 Å². The summed E-state index contributed by atoms with van der Waals surface area (Å²) in [6, 6.07) is 21.9. The minimum atomic E-state index is -0.501. The number of benzene rings is 3. The molecule has 1 aliphatic heterocycles. The lowest BCUT2D eigenvalue weighted by molar-refractivity contribution is -0.117. The predicted octanol–water partition coefficient (Wildman–Crippen LogP) is 5.59. The van der Waals surface area contributed by atoms with E-state index in [-0.39, 0.29) is 22.5 Å². The number of hydrogen-bond donors (Lipinski definition) is 0. The highest BCUT2D eigenvalue weighted by Gasteiger charge is 2.35. The van der Waals surface area contributed by atoms with Crippen LogP contribution in [0.5, 0.6) is 23.1 Å². The highest BCUT2D eigenvalue weighted by molar-refractivity contribution is 7.71. The molecule has 2 heterocycles. The molecule has 1 atom stereocenters. The van der Waals surface area contributed by atoms with Crippen molar-refractivity contribution in [1.82, 2.24) is 9.13 Å². The Hall–Kier alpha value is -4.17. The van der Waals surface area contributed by atoms with Crippen LogP contribution in [0.3, 0.4) is 0 Å². The molecule has 0 spiro atoms. The summed E-state index contributed by atoms with van der Waals surface area (Å²) in [5.74, 6) is 1.55. The van der Waals surface area contributed by atoms with Crippen molar-refractivity contribution in [3.05, 3.63) is 99.0 Å². The molecule has 0 radical (unpaired) electrons. The van der Waals surface area contributed by atoms with Gasteiger partial charge in [-0.05, 0) is 49.5 Å². The summed E-state index contributed by atoms with van der Waals surface area (Å²) in [7, 11) is 3.15. The molecule has 1 aromatic heterocycles. The summed E-state index contributed by atoms with van der Waals surface area (Å²) < 4.78 is 20.6. The molecule has 8 heteroatoms. The monoisotopic (exact) mass is 500 g/mol. The molecule has 0 bridgehead atoms. The second-order valence-electron chi connectivity index (χ2n) is 8.48. The maximum Gasteiger partial charge on any atom is 0.266 e. The summed E-state index contributed by atoms with van der Waals surface area (Å²) in [6.07, 6.45) is 0.148. The number of aromatic nitrogens is 2. The molecule has 4 aromatic rings. The first kappa shape index (κ1) is 23.6. The van der Waals surface area contributed by atoms with Gasteiger partial charge in [0.25, 0.3) is 5.56 Å². The van der Waals surface area contributed by atoms with Gasteiger partial charge in [0.15, 0.2) is 4.77 Å². The number of rotatable bonds is 6. The van der Waals surface area contributed by atoms with Gasteiger partial charge >= 0.3 is 0 Å². The highest BCUT2D eigenvalue weighted by Crippen LogP contribution is 2.45. The van der Waals surface area contributed by atoms with Gasteiger partial charge in [0.05, 0.1) is 31.2 Å². The number of ether oxygens (including phenoxy) is 3. The number of carbonyl (C=O) groups is 1. The molecule has 0 amide bonds.